The normalized spacial score (nSPS) is 16.1. The number of ether oxygens (including phenoxy) is 3. The molecule has 2 aromatic rings. The second kappa shape index (κ2) is 9.05. The molecule has 0 atom stereocenters. The van der Waals surface area contributed by atoms with E-state index >= 15 is 0 Å². The summed E-state index contributed by atoms with van der Waals surface area (Å²) in [6.07, 6.45) is 1.18. The van der Waals surface area contributed by atoms with Crippen molar-refractivity contribution in [3.8, 4) is 17.2 Å². The Morgan fingerprint density at radius 3 is 2.66 bits per heavy atom. The molecule has 1 fully saturated rings. The Kier molecular flexibility index (Phi) is 6.05. The molecule has 2 heterocycles. The monoisotopic (exact) mass is 397 g/mol. The molecule has 2 aliphatic rings. The van der Waals surface area contributed by atoms with Gasteiger partial charge in [-0.15, -0.1) is 0 Å². The van der Waals surface area contributed by atoms with Crippen LogP contribution in [0.4, 0.5) is 5.69 Å². The first-order chi connectivity index (χ1) is 14.2. The van der Waals surface area contributed by atoms with Crippen LogP contribution in [0.2, 0.25) is 0 Å². The van der Waals surface area contributed by atoms with Crippen molar-refractivity contribution in [2.24, 2.45) is 0 Å². The number of benzene rings is 2. The zero-order valence-electron chi connectivity index (χ0n) is 16.5. The summed E-state index contributed by atoms with van der Waals surface area (Å²) >= 11 is 0. The van der Waals surface area contributed by atoms with Crippen molar-refractivity contribution >= 4 is 11.6 Å². The van der Waals surface area contributed by atoms with Gasteiger partial charge in [0.25, 0.3) is 0 Å². The van der Waals surface area contributed by atoms with Crippen LogP contribution in [-0.4, -0.2) is 55.3 Å². The smallest absolute Gasteiger partial charge is 0.231 e. The number of nitrogens with two attached hydrogens (primary N) is 1. The summed E-state index contributed by atoms with van der Waals surface area (Å²) in [5, 5.41) is 0. The summed E-state index contributed by atoms with van der Waals surface area (Å²) in [7, 11) is 0. The summed E-state index contributed by atoms with van der Waals surface area (Å²) < 4.78 is 16.5. The van der Waals surface area contributed by atoms with Gasteiger partial charge in [-0.1, -0.05) is 18.2 Å². The van der Waals surface area contributed by atoms with Gasteiger partial charge >= 0.3 is 0 Å². The molecule has 0 spiro atoms. The minimum Gasteiger partial charge on any atom is -0.491 e. The average molecular weight is 397 g/mol. The Morgan fingerprint density at radius 2 is 1.83 bits per heavy atom. The van der Waals surface area contributed by atoms with Crippen LogP contribution in [-0.2, 0) is 11.3 Å². The number of piperazine rings is 1. The fraction of sp³-hybridized carbons (Fsp3) is 0.409. The van der Waals surface area contributed by atoms with Gasteiger partial charge in [0.15, 0.2) is 11.5 Å². The van der Waals surface area contributed by atoms with Gasteiger partial charge in [0, 0.05) is 39.1 Å². The van der Waals surface area contributed by atoms with Crippen molar-refractivity contribution in [3.05, 3.63) is 48.0 Å². The third kappa shape index (κ3) is 4.92. The number of carbonyl (C=O) groups is 1. The van der Waals surface area contributed by atoms with Crippen LogP contribution in [0.15, 0.2) is 42.5 Å². The molecule has 0 unspecified atom stereocenters. The van der Waals surface area contributed by atoms with E-state index in [1.54, 1.807) is 0 Å². The van der Waals surface area contributed by atoms with Gasteiger partial charge in [0.1, 0.15) is 5.75 Å². The molecule has 4 rings (SSSR count). The van der Waals surface area contributed by atoms with E-state index < -0.39 is 0 Å². The molecule has 1 amide bonds. The Labute approximate surface area is 170 Å². The molecule has 0 aromatic heterocycles. The van der Waals surface area contributed by atoms with Gasteiger partial charge in [-0.25, -0.2) is 0 Å². The zero-order valence-corrected chi connectivity index (χ0v) is 16.5. The summed E-state index contributed by atoms with van der Waals surface area (Å²) in [6, 6.07) is 13.5. The highest BCUT2D eigenvalue weighted by molar-refractivity contribution is 5.76. The Hall–Kier alpha value is -2.93. The van der Waals surface area contributed by atoms with Crippen molar-refractivity contribution in [1.29, 1.82) is 0 Å². The van der Waals surface area contributed by atoms with E-state index in [1.807, 2.05) is 41.3 Å². The third-order valence-electron chi connectivity index (χ3n) is 5.28. The number of fused-ring (bicyclic) bond motifs is 1. The SMILES string of the molecule is Nc1ccccc1OCCCC(=O)N1CCN(Cc2ccc3c(c2)OCO3)CC1. The summed E-state index contributed by atoms with van der Waals surface area (Å²) in [5.41, 5.74) is 7.68. The quantitative estimate of drug-likeness (QED) is 0.571. The molecule has 2 aliphatic heterocycles. The lowest BCUT2D eigenvalue weighted by atomic mass is 10.1. The highest BCUT2D eigenvalue weighted by Crippen LogP contribution is 2.32. The maximum Gasteiger partial charge on any atom is 0.231 e. The molecule has 29 heavy (non-hydrogen) atoms. The number of nitrogen functional groups attached to an aromatic ring is 1. The van der Waals surface area contributed by atoms with Crippen LogP contribution in [0.5, 0.6) is 17.2 Å². The van der Waals surface area contributed by atoms with Crippen LogP contribution in [0.3, 0.4) is 0 Å². The largest absolute Gasteiger partial charge is 0.491 e. The van der Waals surface area contributed by atoms with E-state index in [9.17, 15) is 4.79 Å². The van der Waals surface area contributed by atoms with E-state index in [1.165, 1.54) is 5.56 Å². The Balaban J connectivity index is 1.16. The number of para-hydroxylation sites is 2. The first-order valence-electron chi connectivity index (χ1n) is 10.0. The molecular weight excluding hydrogens is 370 g/mol. The lowest BCUT2D eigenvalue weighted by molar-refractivity contribution is -0.133. The molecule has 2 aromatic carbocycles. The Morgan fingerprint density at radius 1 is 1.03 bits per heavy atom. The third-order valence-corrected chi connectivity index (χ3v) is 5.28. The Bertz CT molecular complexity index is 850. The maximum atomic E-state index is 12.5. The van der Waals surface area contributed by atoms with Crippen molar-refractivity contribution in [2.75, 3.05) is 45.3 Å². The molecule has 0 aliphatic carbocycles. The number of amides is 1. The van der Waals surface area contributed by atoms with E-state index in [4.69, 9.17) is 19.9 Å². The zero-order chi connectivity index (χ0) is 20.1. The second-order valence-corrected chi connectivity index (χ2v) is 7.33. The van der Waals surface area contributed by atoms with Crippen LogP contribution >= 0.6 is 0 Å². The first-order valence-corrected chi connectivity index (χ1v) is 10.0. The molecule has 7 nitrogen and oxygen atoms in total. The molecule has 0 saturated carbocycles. The predicted octanol–water partition coefficient (Wildman–Crippen LogP) is 2.50. The highest BCUT2D eigenvalue weighted by Gasteiger charge is 2.21. The predicted molar refractivity (Wildman–Crippen MR) is 110 cm³/mol. The lowest BCUT2D eigenvalue weighted by Crippen LogP contribution is -2.48. The van der Waals surface area contributed by atoms with Crippen molar-refractivity contribution in [3.63, 3.8) is 0 Å². The molecule has 7 heteroatoms. The fourth-order valence-electron chi connectivity index (χ4n) is 3.63. The van der Waals surface area contributed by atoms with Crippen molar-refractivity contribution in [1.82, 2.24) is 9.80 Å². The number of carbonyl (C=O) groups excluding carboxylic acids is 1. The van der Waals surface area contributed by atoms with Gasteiger partial charge in [-0.2, -0.15) is 0 Å². The molecule has 1 saturated heterocycles. The molecule has 154 valence electrons. The topological polar surface area (TPSA) is 77.3 Å². The fourth-order valence-corrected chi connectivity index (χ4v) is 3.63. The van der Waals surface area contributed by atoms with E-state index in [0.717, 1.165) is 44.2 Å². The van der Waals surface area contributed by atoms with Crippen molar-refractivity contribution in [2.45, 2.75) is 19.4 Å². The van der Waals surface area contributed by atoms with Crippen LogP contribution in [0.25, 0.3) is 0 Å². The lowest BCUT2D eigenvalue weighted by Gasteiger charge is -2.34. The number of rotatable bonds is 7. The standard InChI is InChI=1S/C22H27N3O4/c23-18-4-1-2-5-19(18)27-13-3-6-22(26)25-11-9-24(10-12-25)15-17-7-8-20-21(14-17)29-16-28-20/h1-2,4-5,7-8,14H,3,6,9-13,15-16,23H2. The minimum absolute atomic E-state index is 0.192. The number of nitrogens with zero attached hydrogens (tertiary/aromatic N) is 2. The molecule has 2 N–H and O–H groups in total. The van der Waals surface area contributed by atoms with Gasteiger partial charge in [-0.05, 0) is 36.2 Å². The van der Waals surface area contributed by atoms with Gasteiger partial charge < -0.3 is 24.8 Å². The first kappa shape index (κ1) is 19.4. The summed E-state index contributed by atoms with van der Waals surface area (Å²) in [5.74, 6) is 2.49. The number of hydrogen-bond acceptors (Lipinski definition) is 6. The summed E-state index contributed by atoms with van der Waals surface area (Å²) in [4.78, 5) is 16.8. The minimum atomic E-state index is 0.192. The van der Waals surface area contributed by atoms with Gasteiger partial charge in [0.2, 0.25) is 12.7 Å². The van der Waals surface area contributed by atoms with E-state index in [-0.39, 0.29) is 5.91 Å². The van der Waals surface area contributed by atoms with Crippen LogP contribution in [0, 0.1) is 0 Å². The van der Waals surface area contributed by atoms with Crippen LogP contribution in [0.1, 0.15) is 18.4 Å². The number of hydrogen-bond donors (Lipinski definition) is 1. The maximum absolute atomic E-state index is 12.5. The highest BCUT2D eigenvalue weighted by atomic mass is 16.7. The van der Waals surface area contributed by atoms with E-state index in [2.05, 4.69) is 11.0 Å². The molecule has 0 radical (unpaired) electrons. The van der Waals surface area contributed by atoms with Gasteiger partial charge in [0.05, 0.1) is 12.3 Å². The van der Waals surface area contributed by atoms with Gasteiger partial charge in [-0.3, -0.25) is 9.69 Å². The molecule has 0 bridgehead atoms. The van der Waals surface area contributed by atoms with Crippen LogP contribution < -0.4 is 19.9 Å². The number of anilines is 1. The summed E-state index contributed by atoms with van der Waals surface area (Å²) in [6.45, 7) is 4.90. The molecular formula is C22H27N3O4. The second-order valence-electron chi connectivity index (χ2n) is 7.33. The van der Waals surface area contributed by atoms with E-state index in [0.29, 0.717) is 37.7 Å². The van der Waals surface area contributed by atoms with Crippen molar-refractivity contribution < 1.29 is 19.0 Å². The average Bonchev–Trinajstić information content (AvgIpc) is 3.21.